The van der Waals surface area contributed by atoms with Crippen LogP contribution in [0.4, 0.5) is 0 Å². The fraction of sp³-hybridized carbons (Fsp3) is 0.800. The van der Waals surface area contributed by atoms with E-state index < -0.39 is 22.0 Å². The van der Waals surface area contributed by atoms with E-state index in [0.29, 0.717) is 0 Å². The number of nitrogens with one attached hydrogen (secondary N) is 1. The highest BCUT2D eigenvalue weighted by molar-refractivity contribution is 7.89. The average Bonchev–Trinajstić information content (AvgIpc) is 1.84. The number of amides is 1. The minimum Gasteiger partial charge on any atom is -0.383 e. The highest BCUT2D eigenvalue weighted by Gasteiger charge is 2.16. The molecule has 6 nitrogen and oxygen atoms in total. The number of carbonyl (C=O) groups excluding carboxylic acids is 1. The second-order valence-corrected chi connectivity index (χ2v) is 4.05. The molecule has 0 aliphatic rings. The van der Waals surface area contributed by atoms with Gasteiger partial charge >= 0.3 is 0 Å². The highest BCUT2D eigenvalue weighted by atomic mass is 32.2. The minimum atomic E-state index is -3.52. The Morgan fingerprint density at radius 2 is 2.17 bits per heavy atom. The molecule has 0 aromatic heterocycles. The molecule has 0 rings (SSSR count). The molecule has 3 N–H and O–H groups in total. The Bertz CT molecular complexity index is 248. The second kappa shape index (κ2) is 4.39. The zero-order valence-corrected chi connectivity index (χ0v) is 7.72. The van der Waals surface area contributed by atoms with Gasteiger partial charge in [0, 0.05) is 7.11 Å². The number of nitrogens with two attached hydrogens (primary N) is 1. The van der Waals surface area contributed by atoms with Crippen LogP contribution >= 0.6 is 0 Å². The first-order chi connectivity index (χ1) is 5.37. The van der Waals surface area contributed by atoms with E-state index in [-0.39, 0.29) is 6.61 Å². The Morgan fingerprint density at radius 3 is 2.50 bits per heavy atom. The van der Waals surface area contributed by atoms with E-state index in [1.54, 1.807) is 4.72 Å². The third-order valence-corrected chi connectivity index (χ3v) is 1.54. The van der Waals surface area contributed by atoms with Crippen LogP contribution in [0.2, 0.25) is 0 Å². The minimum absolute atomic E-state index is 0.0125. The number of hydrogen-bond donors (Lipinski definition) is 2. The van der Waals surface area contributed by atoms with Gasteiger partial charge in [-0.3, -0.25) is 9.52 Å². The van der Waals surface area contributed by atoms with Gasteiger partial charge in [0.15, 0.2) is 0 Å². The molecule has 0 saturated heterocycles. The maximum atomic E-state index is 10.9. The Morgan fingerprint density at radius 1 is 1.67 bits per heavy atom. The van der Waals surface area contributed by atoms with Crippen molar-refractivity contribution in [3.05, 3.63) is 0 Å². The number of carbonyl (C=O) groups is 1. The molecule has 0 fully saturated rings. The van der Waals surface area contributed by atoms with Gasteiger partial charge in [0.1, 0.15) is 6.04 Å². The van der Waals surface area contributed by atoms with Gasteiger partial charge in [-0.2, -0.15) is 0 Å². The molecule has 0 saturated carbocycles. The van der Waals surface area contributed by atoms with E-state index in [1.807, 2.05) is 0 Å². The lowest BCUT2D eigenvalue weighted by molar-refractivity contribution is -0.121. The van der Waals surface area contributed by atoms with Gasteiger partial charge in [-0.25, -0.2) is 8.42 Å². The Balaban J connectivity index is 4.05. The van der Waals surface area contributed by atoms with E-state index in [9.17, 15) is 13.2 Å². The molecule has 0 aromatic rings. The molecular weight excluding hydrogens is 184 g/mol. The van der Waals surface area contributed by atoms with E-state index in [2.05, 4.69) is 4.74 Å². The summed E-state index contributed by atoms with van der Waals surface area (Å²) in [6.45, 7) is -0.0125. The van der Waals surface area contributed by atoms with Crippen LogP contribution < -0.4 is 10.5 Å². The fourth-order valence-electron chi connectivity index (χ4n) is 0.514. The predicted octanol–water partition coefficient (Wildman–Crippen LogP) is -1.96. The molecule has 0 aliphatic carbocycles. The van der Waals surface area contributed by atoms with Gasteiger partial charge in [0.05, 0.1) is 12.9 Å². The van der Waals surface area contributed by atoms with Crippen LogP contribution in [0.3, 0.4) is 0 Å². The van der Waals surface area contributed by atoms with Crippen molar-refractivity contribution >= 4 is 15.9 Å². The zero-order chi connectivity index (χ0) is 9.78. The van der Waals surface area contributed by atoms with Crippen LogP contribution in [-0.2, 0) is 19.6 Å². The average molecular weight is 196 g/mol. The predicted molar refractivity (Wildman–Crippen MR) is 42.8 cm³/mol. The van der Waals surface area contributed by atoms with Crippen molar-refractivity contribution in [3.63, 3.8) is 0 Å². The van der Waals surface area contributed by atoms with Crippen LogP contribution in [0.25, 0.3) is 0 Å². The Kier molecular flexibility index (Phi) is 4.15. The number of sulfonamides is 1. The summed E-state index contributed by atoms with van der Waals surface area (Å²) in [5, 5.41) is 0. The monoisotopic (exact) mass is 196 g/mol. The molecular formula is C5H12N2O4S. The lowest BCUT2D eigenvalue weighted by atomic mass is 10.3. The summed E-state index contributed by atoms with van der Waals surface area (Å²) in [5.41, 5.74) is 5.23. The SMILES string of the molecule is COCC(N)C(=O)NS(C)(=O)=O. The van der Waals surface area contributed by atoms with Gasteiger partial charge in [-0.1, -0.05) is 0 Å². The maximum Gasteiger partial charge on any atom is 0.252 e. The molecule has 0 aliphatic heterocycles. The molecule has 1 unspecified atom stereocenters. The fourth-order valence-corrected chi connectivity index (χ4v) is 1.03. The van der Waals surface area contributed by atoms with Crippen molar-refractivity contribution in [2.75, 3.05) is 20.0 Å². The summed E-state index contributed by atoms with van der Waals surface area (Å²) < 4.78 is 27.3. The normalized spacial score (nSPS) is 13.9. The van der Waals surface area contributed by atoms with Gasteiger partial charge in [0.25, 0.3) is 5.91 Å². The number of methoxy groups -OCH3 is 1. The Hall–Kier alpha value is -0.660. The first kappa shape index (κ1) is 11.3. The quantitative estimate of drug-likeness (QED) is 0.543. The van der Waals surface area contributed by atoms with Crippen LogP contribution in [-0.4, -0.2) is 40.3 Å². The summed E-state index contributed by atoms with van der Waals surface area (Å²) in [5.74, 6) is -0.764. The lowest BCUT2D eigenvalue weighted by Gasteiger charge is -2.08. The zero-order valence-electron chi connectivity index (χ0n) is 6.90. The topological polar surface area (TPSA) is 98.5 Å². The third kappa shape index (κ3) is 5.05. The molecule has 1 amide bonds. The summed E-state index contributed by atoms with van der Waals surface area (Å²) >= 11 is 0. The molecule has 7 heteroatoms. The third-order valence-electron chi connectivity index (χ3n) is 0.969. The van der Waals surface area contributed by atoms with Crippen LogP contribution in [0, 0.1) is 0 Å². The van der Waals surface area contributed by atoms with Gasteiger partial charge in [0.2, 0.25) is 10.0 Å². The van der Waals surface area contributed by atoms with E-state index in [0.717, 1.165) is 6.26 Å². The smallest absolute Gasteiger partial charge is 0.252 e. The maximum absolute atomic E-state index is 10.9. The van der Waals surface area contributed by atoms with Crippen molar-refractivity contribution in [1.82, 2.24) is 4.72 Å². The summed E-state index contributed by atoms with van der Waals surface area (Å²) in [7, 11) is -2.15. The second-order valence-electron chi connectivity index (χ2n) is 2.30. The van der Waals surface area contributed by atoms with Crippen molar-refractivity contribution in [2.24, 2.45) is 5.73 Å². The van der Waals surface area contributed by atoms with Crippen molar-refractivity contribution in [3.8, 4) is 0 Å². The molecule has 0 heterocycles. The van der Waals surface area contributed by atoms with E-state index in [1.165, 1.54) is 7.11 Å². The van der Waals surface area contributed by atoms with Crippen LogP contribution in [0.15, 0.2) is 0 Å². The molecule has 0 radical (unpaired) electrons. The van der Waals surface area contributed by atoms with Crippen molar-refractivity contribution in [2.45, 2.75) is 6.04 Å². The number of ether oxygens (including phenoxy) is 1. The summed E-state index contributed by atoms with van der Waals surface area (Å²) in [6, 6.07) is -0.954. The lowest BCUT2D eigenvalue weighted by Crippen LogP contribution is -2.45. The Labute approximate surface area is 71.1 Å². The first-order valence-corrected chi connectivity index (χ1v) is 5.02. The largest absolute Gasteiger partial charge is 0.383 e. The van der Waals surface area contributed by atoms with Gasteiger partial charge < -0.3 is 10.5 Å². The van der Waals surface area contributed by atoms with Gasteiger partial charge in [-0.05, 0) is 0 Å². The molecule has 0 aromatic carbocycles. The molecule has 1 atom stereocenters. The van der Waals surface area contributed by atoms with Crippen LogP contribution in [0.1, 0.15) is 0 Å². The standard InChI is InChI=1S/C5H12N2O4S/c1-11-3-4(6)5(8)7-12(2,9)10/h4H,3,6H2,1-2H3,(H,7,8). The van der Waals surface area contributed by atoms with Crippen molar-refractivity contribution < 1.29 is 17.9 Å². The van der Waals surface area contributed by atoms with Crippen molar-refractivity contribution in [1.29, 1.82) is 0 Å². The van der Waals surface area contributed by atoms with Crippen LogP contribution in [0.5, 0.6) is 0 Å². The highest BCUT2D eigenvalue weighted by Crippen LogP contribution is 1.82. The first-order valence-electron chi connectivity index (χ1n) is 3.13. The molecule has 12 heavy (non-hydrogen) atoms. The van der Waals surface area contributed by atoms with Gasteiger partial charge in [-0.15, -0.1) is 0 Å². The molecule has 72 valence electrons. The summed E-state index contributed by atoms with van der Waals surface area (Å²) in [4.78, 5) is 10.9. The number of hydrogen-bond acceptors (Lipinski definition) is 5. The van der Waals surface area contributed by atoms with E-state index in [4.69, 9.17) is 5.73 Å². The summed E-state index contributed by atoms with van der Waals surface area (Å²) in [6.07, 6.45) is 0.879. The molecule has 0 bridgehead atoms. The molecule has 0 spiro atoms. The number of rotatable bonds is 4. The van der Waals surface area contributed by atoms with E-state index >= 15 is 0 Å².